The van der Waals surface area contributed by atoms with Crippen LogP contribution in [0.3, 0.4) is 0 Å². The van der Waals surface area contributed by atoms with Crippen LogP contribution in [0.4, 0.5) is 0 Å². The summed E-state index contributed by atoms with van der Waals surface area (Å²) in [5, 5.41) is 11.5. The summed E-state index contributed by atoms with van der Waals surface area (Å²) in [5.41, 5.74) is 0.246. The normalized spacial score (nSPS) is 12.2. The quantitative estimate of drug-likeness (QED) is 0.802. The molecule has 0 aliphatic heterocycles. The van der Waals surface area contributed by atoms with Crippen LogP contribution in [0.5, 0.6) is 0 Å². The number of carbonyl (C=O) groups is 2. The zero-order chi connectivity index (χ0) is 13.7. The summed E-state index contributed by atoms with van der Waals surface area (Å²) in [6.07, 6.45) is 1.36. The number of carbonyl (C=O) groups excluding carboxylic acids is 1. The molecule has 1 atom stereocenters. The van der Waals surface area contributed by atoms with E-state index >= 15 is 0 Å². The van der Waals surface area contributed by atoms with Crippen LogP contribution >= 0.6 is 11.6 Å². The first-order chi connectivity index (χ1) is 8.41. The highest BCUT2D eigenvalue weighted by molar-refractivity contribution is 6.32. The van der Waals surface area contributed by atoms with Gasteiger partial charge in [0.15, 0.2) is 0 Å². The number of amides is 1. The molecule has 1 heterocycles. The first-order valence-electron chi connectivity index (χ1n) is 5.55. The molecule has 0 radical (unpaired) electrons. The van der Waals surface area contributed by atoms with Gasteiger partial charge in [-0.3, -0.25) is 9.59 Å². The largest absolute Gasteiger partial charge is 0.481 e. The van der Waals surface area contributed by atoms with E-state index in [9.17, 15) is 9.59 Å². The summed E-state index contributed by atoms with van der Waals surface area (Å²) in [4.78, 5) is 26.4. The predicted molar refractivity (Wildman–Crippen MR) is 67.6 cm³/mol. The molecule has 0 aromatic carbocycles. The monoisotopic (exact) mass is 270 g/mol. The van der Waals surface area contributed by atoms with Gasteiger partial charge in [-0.25, -0.2) is 4.98 Å². The standard InChI is InChI=1S/C12H15ClN2O3/c1-7(2)9(6-10(16)17)15-12(18)8-4-3-5-14-11(8)13/h3-5,7,9H,6H2,1-2H3,(H,15,18)(H,16,17). The van der Waals surface area contributed by atoms with Gasteiger partial charge in [-0.15, -0.1) is 0 Å². The van der Waals surface area contributed by atoms with Gasteiger partial charge >= 0.3 is 5.97 Å². The number of hydrogen-bond donors (Lipinski definition) is 2. The van der Waals surface area contributed by atoms with Gasteiger partial charge in [-0.2, -0.15) is 0 Å². The first-order valence-corrected chi connectivity index (χ1v) is 5.92. The molecule has 0 saturated carbocycles. The van der Waals surface area contributed by atoms with Crippen molar-refractivity contribution in [3.8, 4) is 0 Å². The molecule has 1 amide bonds. The Morgan fingerprint density at radius 2 is 2.17 bits per heavy atom. The highest BCUT2D eigenvalue weighted by atomic mass is 35.5. The van der Waals surface area contributed by atoms with Gasteiger partial charge in [0, 0.05) is 12.2 Å². The first kappa shape index (κ1) is 14.4. The summed E-state index contributed by atoms with van der Waals surface area (Å²) in [6.45, 7) is 3.69. The molecule has 0 fully saturated rings. The van der Waals surface area contributed by atoms with Crippen molar-refractivity contribution < 1.29 is 14.7 Å². The Morgan fingerprint density at radius 1 is 1.50 bits per heavy atom. The van der Waals surface area contributed by atoms with E-state index < -0.39 is 17.9 Å². The smallest absolute Gasteiger partial charge is 0.305 e. The third-order valence-electron chi connectivity index (χ3n) is 2.52. The lowest BCUT2D eigenvalue weighted by Gasteiger charge is -2.20. The number of halogens is 1. The van der Waals surface area contributed by atoms with Crippen LogP contribution in [0, 0.1) is 5.92 Å². The van der Waals surface area contributed by atoms with E-state index in [0.29, 0.717) is 0 Å². The van der Waals surface area contributed by atoms with Gasteiger partial charge in [-0.05, 0) is 18.1 Å². The SMILES string of the molecule is CC(C)C(CC(=O)O)NC(=O)c1cccnc1Cl. The predicted octanol–water partition coefficient (Wildman–Crippen LogP) is 1.96. The topological polar surface area (TPSA) is 79.3 Å². The van der Waals surface area contributed by atoms with E-state index in [1.54, 1.807) is 12.1 Å². The number of aliphatic carboxylic acids is 1. The minimum atomic E-state index is -0.953. The summed E-state index contributed by atoms with van der Waals surface area (Å²) < 4.78 is 0. The Kier molecular flexibility index (Phi) is 5.09. The number of hydrogen-bond acceptors (Lipinski definition) is 3. The molecular weight excluding hydrogens is 256 g/mol. The molecule has 0 aliphatic rings. The van der Waals surface area contributed by atoms with Gasteiger partial charge in [0.05, 0.1) is 12.0 Å². The molecule has 1 rings (SSSR count). The van der Waals surface area contributed by atoms with Crippen molar-refractivity contribution in [3.05, 3.63) is 29.0 Å². The van der Waals surface area contributed by atoms with Gasteiger partial charge < -0.3 is 10.4 Å². The van der Waals surface area contributed by atoms with E-state index in [0.717, 1.165) is 0 Å². The van der Waals surface area contributed by atoms with Gasteiger partial charge in [0.1, 0.15) is 5.15 Å². The third kappa shape index (κ3) is 4.00. The van der Waals surface area contributed by atoms with Crippen LogP contribution in [0.2, 0.25) is 5.15 Å². The molecule has 0 aliphatic carbocycles. The number of pyridine rings is 1. The fourth-order valence-electron chi connectivity index (χ4n) is 1.44. The van der Waals surface area contributed by atoms with E-state index in [1.807, 2.05) is 13.8 Å². The van der Waals surface area contributed by atoms with Crippen molar-refractivity contribution >= 4 is 23.5 Å². The lowest BCUT2D eigenvalue weighted by molar-refractivity contribution is -0.137. The fraction of sp³-hybridized carbons (Fsp3) is 0.417. The molecule has 18 heavy (non-hydrogen) atoms. The molecule has 98 valence electrons. The number of carboxylic acids is 1. The zero-order valence-electron chi connectivity index (χ0n) is 10.2. The van der Waals surface area contributed by atoms with Gasteiger partial charge in [0.2, 0.25) is 0 Å². The summed E-state index contributed by atoms with van der Waals surface area (Å²) in [6, 6.07) is 2.71. The lowest BCUT2D eigenvalue weighted by Crippen LogP contribution is -2.40. The van der Waals surface area contributed by atoms with Crippen LogP contribution in [-0.4, -0.2) is 28.0 Å². The maximum absolute atomic E-state index is 11.9. The molecule has 0 bridgehead atoms. The van der Waals surface area contributed by atoms with Crippen molar-refractivity contribution in [1.29, 1.82) is 0 Å². The van der Waals surface area contributed by atoms with E-state index in [-0.39, 0.29) is 23.1 Å². The number of rotatable bonds is 5. The highest BCUT2D eigenvalue weighted by Gasteiger charge is 2.21. The number of nitrogens with one attached hydrogen (secondary N) is 1. The second kappa shape index (κ2) is 6.35. The second-order valence-electron chi connectivity index (χ2n) is 4.26. The van der Waals surface area contributed by atoms with Crippen molar-refractivity contribution in [2.75, 3.05) is 0 Å². The van der Waals surface area contributed by atoms with Crippen LogP contribution in [0.25, 0.3) is 0 Å². The van der Waals surface area contributed by atoms with Crippen LogP contribution in [-0.2, 0) is 4.79 Å². The number of aromatic nitrogens is 1. The summed E-state index contributed by atoms with van der Waals surface area (Å²) in [5.74, 6) is -1.35. The molecule has 2 N–H and O–H groups in total. The molecule has 0 saturated heterocycles. The Hall–Kier alpha value is -1.62. The Morgan fingerprint density at radius 3 is 2.67 bits per heavy atom. The van der Waals surface area contributed by atoms with Crippen molar-refractivity contribution in [2.24, 2.45) is 5.92 Å². The van der Waals surface area contributed by atoms with Crippen molar-refractivity contribution in [3.63, 3.8) is 0 Å². The molecule has 5 nitrogen and oxygen atoms in total. The number of carboxylic acid groups (broad SMARTS) is 1. The van der Waals surface area contributed by atoms with Crippen LogP contribution < -0.4 is 5.32 Å². The van der Waals surface area contributed by atoms with Crippen molar-refractivity contribution in [1.82, 2.24) is 10.3 Å². The molecule has 6 heteroatoms. The second-order valence-corrected chi connectivity index (χ2v) is 4.62. The van der Waals surface area contributed by atoms with Gasteiger partial charge in [0.25, 0.3) is 5.91 Å². The lowest BCUT2D eigenvalue weighted by atomic mass is 10.0. The maximum Gasteiger partial charge on any atom is 0.305 e. The van der Waals surface area contributed by atoms with E-state index in [2.05, 4.69) is 10.3 Å². The minimum Gasteiger partial charge on any atom is -0.481 e. The Bertz CT molecular complexity index is 449. The highest BCUT2D eigenvalue weighted by Crippen LogP contribution is 2.13. The van der Waals surface area contributed by atoms with E-state index in [4.69, 9.17) is 16.7 Å². The zero-order valence-corrected chi connectivity index (χ0v) is 10.9. The average molecular weight is 271 g/mol. The van der Waals surface area contributed by atoms with Gasteiger partial charge in [-0.1, -0.05) is 25.4 Å². The Labute approximate surface area is 110 Å². The molecule has 0 spiro atoms. The molecule has 1 aromatic rings. The van der Waals surface area contributed by atoms with E-state index in [1.165, 1.54) is 6.20 Å². The Balaban J connectivity index is 2.79. The van der Waals surface area contributed by atoms with Crippen LogP contribution in [0.15, 0.2) is 18.3 Å². The molecule has 1 unspecified atom stereocenters. The summed E-state index contributed by atoms with van der Waals surface area (Å²) >= 11 is 5.80. The molecular formula is C12H15ClN2O3. The number of nitrogens with zero attached hydrogens (tertiary/aromatic N) is 1. The summed E-state index contributed by atoms with van der Waals surface area (Å²) in [7, 11) is 0. The fourth-order valence-corrected chi connectivity index (χ4v) is 1.65. The van der Waals surface area contributed by atoms with Crippen molar-refractivity contribution in [2.45, 2.75) is 26.3 Å². The maximum atomic E-state index is 11.9. The van der Waals surface area contributed by atoms with Crippen LogP contribution in [0.1, 0.15) is 30.6 Å². The molecule has 1 aromatic heterocycles. The third-order valence-corrected chi connectivity index (χ3v) is 2.82. The average Bonchev–Trinajstić information content (AvgIpc) is 2.27. The minimum absolute atomic E-state index is 0.0143.